The second-order valence-electron chi connectivity index (χ2n) is 6.84. The molecule has 0 aliphatic heterocycles. The van der Waals surface area contributed by atoms with Crippen molar-refractivity contribution in [1.29, 1.82) is 0 Å². The van der Waals surface area contributed by atoms with Gasteiger partial charge in [-0.2, -0.15) is 18.3 Å². The minimum atomic E-state index is -4.27. The quantitative estimate of drug-likeness (QED) is 0.472. The van der Waals surface area contributed by atoms with Crippen molar-refractivity contribution in [2.24, 2.45) is 0 Å². The number of fused-ring (bicyclic) bond motifs is 1. The van der Waals surface area contributed by atoms with Crippen molar-refractivity contribution < 1.29 is 27.8 Å². The van der Waals surface area contributed by atoms with E-state index in [2.05, 4.69) is 20.4 Å². The maximum absolute atomic E-state index is 12.2. The third-order valence-electron chi connectivity index (χ3n) is 4.33. The summed E-state index contributed by atoms with van der Waals surface area (Å²) in [5, 5.41) is 16.7. The van der Waals surface area contributed by atoms with Crippen molar-refractivity contribution in [3.63, 3.8) is 0 Å². The highest BCUT2D eigenvalue weighted by molar-refractivity contribution is 5.86. The molecular weight excluding hydrogens is 415 g/mol. The van der Waals surface area contributed by atoms with Gasteiger partial charge in [0.2, 0.25) is 11.8 Å². The number of halogens is 3. The van der Waals surface area contributed by atoms with Gasteiger partial charge in [0.1, 0.15) is 0 Å². The molecule has 0 fully saturated rings. The Morgan fingerprint density at radius 1 is 1.23 bits per heavy atom. The Morgan fingerprint density at radius 2 is 2.06 bits per heavy atom. The molecule has 31 heavy (non-hydrogen) atoms. The fourth-order valence-corrected chi connectivity index (χ4v) is 2.84. The Morgan fingerprint density at radius 3 is 2.77 bits per heavy atom. The van der Waals surface area contributed by atoms with Crippen LogP contribution in [0, 0.1) is 0 Å². The molecule has 0 spiro atoms. The molecular formula is C20H22F3N5O3. The molecule has 8 nitrogen and oxygen atoms in total. The van der Waals surface area contributed by atoms with Crippen LogP contribution >= 0.6 is 0 Å². The molecule has 0 aliphatic rings. The van der Waals surface area contributed by atoms with E-state index in [9.17, 15) is 18.0 Å². The number of hydrogen-bond acceptors (Lipinski definition) is 6. The molecule has 0 saturated carbocycles. The predicted molar refractivity (Wildman–Crippen MR) is 105 cm³/mol. The molecule has 0 radical (unpaired) electrons. The average molecular weight is 437 g/mol. The van der Waals surface area contributed by atoms with Gasteiger partial charge in [0.05, 0.1) is 37.2 Å². The van der Waals surface area contributed by atoms with Crippen LogP contribution in [0.25, 0.3) is 10.9 Å². The van der Waals surface area contributed by atoms with Gasteiger partial charge in [0.25, 0.3) is 0 Å². The molecule has 3 rings (SSSR count). The Bertz CT molecular complexity index is 1010. The Hall–Kier alpha value is -3.21. The summed E-state index contributed by atoms with van der Waals surface area (Å²) in [6, 6.07) is 4.96. The molecule has 0 aliphatic carbocycles. The van der Waals surface area contributed by atoms with Gasteiger partial charge < -0.3 is 15.2 Å². The number of nitrogens with one attached hydrogen (secondary N) is 1. The minimum absolute atomic E-state index is 0.0103. The molecule has 0 bridgehead atoms. The number of nitrogens with zero attached hydrogens (tertiary/aromatic N) is 4. The largest absolute Gasteiger partial charge is 0.477 e. The lowest BCUT2D eigenvalue weighted by Gasteiger charge is -2.08. The van der Waals surface area contributed by atoms with Crippen molar-refractivity contribution in [2.45, 2.75) is 32.0 Å². The van der Waals surface area contributed by atoms with Crippen LogP contribution in [0.15, 0.2) is 36.8 Å². The molecule has 2 N–H and O–H groups in total. The van der Waals surface area contributed by atoms with Gasteiger partial charge >= 0.3 is 6.18 Å². The number of carbonyl (C=O) groups is 1. The van der Waals surface area contributed by atoms with E-state index in [-0.39, 0.29) is 24.8 Å². The first kappa shape index (κ1) is 22.5. The fourth-order valence-electron chi connectivity index (χ4n) is 2.84. The SMILES string of the molecule is O=C(Cc1nccc2nn(Cc3ccc(OCCC(F)(F)F)nc3)cc12)NCCCO. The highest BCUT2D eigenvalue weighted by Gasteiger charge is 2.26. The molecule has 11 heteroatoms. The molecule has 166 valence electrons. The van der Waals surface area contributed by atoms with E-state index >= 15 is 0 Å². The summed E-state index contributed by atoms with van der Waals surface area (Å²) in [6.07, 6.45) is 0.170. The summed E-state index contributed by atoms with van der Waals surface area (Å²) in [4.78, 5) is 20.4. The standard InChI is InChI=1S/C20H22F3N5O3/c21-20(22,23)5-9-31-19-3-2-14(11-26-19)12-28-13-15-16(27-28)4-7-24-17(15)10-18(30)25-6-1-8-29/h2-4,7,11,13,29H,1,5-6,8-10,12H2,(H,25,30). The minimum Gasteiger partial charge on any atom is -0.477 e. The van der Waals surface area contributed by atoms with Gasteiger partial charge in [-0.15, -0.1) is 0 Å². The fraction of sp³-hybridized carbons (Fsp3) is 0.400. The molecule has 0 aromatic carbocycles. The summed E-state index contributed by atoms with van der Waals surface area (Å²) in [5.74, 6) is -0.0659. The van der Waals surface area contributed by atoms with Crippen molar-refractivity contribution in [3.05, 3.63) is 48.0 Å². The number of hydrogen-bond donors (Lipinski definition) is 2. The maximum atomic E-state index is 12.2. The maximum Gasteiger partial charge on any atom is 0.392 e. The first-order valence-corrected chi connectivity index (χ1v) is 9.67. The van der Waals surface area contributed by atoms with Crippen LogP contribution in [0.4, 0.5) is 13.2 Å². The predicted octanol–water partition coefficient (Wildman–Crippen LogP) is 2.25. The zero-order valence-corrected chi connectivity index (χ0v) is 16.6. The summed E-state index contributed by atoms with van der Waals surface area (Å²) in [5.41, 5.74) is 2.07. The number of rotatable bonds is 10. The number of ether oxygens (including phenoxy) is 1. The van der Waals surface area contributed by atoms with Crippen LogP contribution in [0.1, 0.15) is 24.1 Å². The molecule has 1 amide bonds. The normalized spacial score (nSPS) is 11.6. The van der Waals surface area contributed by atoms with Crippen molar-refractivity contribution in [1.82, 2.24) is 25.1 Å². The smallest absolute Gasteiger partial charge is 0.392 e. The van der Waals surface area contributed by atoms with Crippen LogP contribution in [0.3, 0.4) is 0 Å². The van der Waals surface area contributed by atoms with E-state index in [1.54, 1.807) is 29.2 Å². The second-order valence-corrected chi connectivity index (χ2v) is 6.84. The molecule has 0 unspecified atom stereocenters. The highest BCUT2D eigenvalue weighted by Crippen LogP contribution is 2.20. The van der Waals surface area contributed by atoms with Crippen LogP contribution in [0.5, 0.6) is 5.88 Å². The molecule has 0 saturated heterocycles. The van der Waals surface area contributed by atoms with Crippen molar-refractivity contribution in [2.75, 3.05) is 19.8 Å². The topological polar surface area (TPSA) is 102 Å². The third-order valence-corrected chi connectivity index (χ3v) is 4.33. The zero-order valence-electron chi connectivity index (χ0n) is 16.6. The van der Waals surface area contributed by atoms with Gasteiger partial charge in [-0.25, -0.2) is 4.98 Å². The summed E-state index contributed by atoms with van der Waals surface area (Å²) >= 11 is 0. The van der Waals surface area contributed by atoms with Gasteiger partial charge in [-0.05, 0) is 18.1 Å². The lowest BCUT2D eigenvalue weighted by molar-refractivity contribution is -0.139. The summed E-state index contributed by atoms with van der Waals surface area (Å²) in [6.45, 7) is 0.306. The number of carbonyl (C=O) groups excluding carboxylic acids is 1. The lowest BCUT2D eigenvalue weighted by Crippen LogP contribution is -2.26. The Kier molecular flexibility index (Phi) is 7.40. The zero-order chi connectivity index (χ0) is 22.3. The molecule has 3 aromatic rings. The number of amides is 1. The lowest BCUT2D eigenvalue weighted by atomic mass is 10.2. The third kappa shape index (κ3) is 6.92. The number of pyridine rings is 2. The number of aliphatic hydroxyl groups excluding tert-OH is 1. The van der Waals surface area contributed by atoms with E-state index in [1.807, 2.05) is 0 Å². The Labute approximate surface area is 176 Å². The first-order valence-electron chi connectivity index (χ1n) is 9.67. The van der Waals surface area contributed by atoms with E-state index in [4.69, 9.17) is 9.84 Å². The van der Waals surface area contributed by atoms with Crippen LogP contribution in [0.2, 0.25) is 0 Å². The van der Waals surface area contributed by atoms with Gasteiger partial charge in [0, 0.05) is 43.2 Å². The molecule has 0 atom stereocenters. The second kappa shape index (κ2) is 10.2. The summed E-state index contributed by atoms with van der Waals surface area (Å²) in [7, 11) is 0. The van der Waals surface area contributed by atoms with E-state index < -0.39 is 19.2 Å². The number of alkyl halides is 3. The average Bonchev–Trinajstić information content (AvgIpc) is 3.12. The van der Waals surface area contributed by atoms with Crippen LogP contribution in [-0.4, -0.2) is 56.7 Å². The molecule has 3 heterocycles. The van der Waals surface area contributed by atoms with Crippen molar-refractivity contribution >= 4 is 16.8 Å². The Balaban J connectivity index is 1.62. The van der Waals surface area contributed by atoms with Crippen LogP contribution < -0.4 is 10.1 Å². The number of aromatic nitrogens is 4. The van der Waals surface area contributed by atoms with Gasteiger partial charge in [0.15, 0.2) is 0 Å². The highest BCUT2D eigenvalue weighted by atomic mass is 19.4. The molecule has 3 aromatic heterocycles. The first-order chi connectivity index (χ1) is 14.8. The van der Waals surface area contributed by atoms with Crippen LogP contribution in [-0.2, 0) is 17.8 Å². The summed E-state index contributed by atoms with van der Waals surface area (Å²) < 4.78 is 43.2. The van der Waals surface area contributed by atoms with Gasteiger partial charge in [-0.1, -0.05) is 6.07 Å². The van der Waals surface area contributed by atoms with E-state index in [0.717, 1.165) is 10.9 Å². The van der Waals surface area contributed by atoms with E-state index in [1.165, 1.54) is 12.3 Å². The van der Waals surface area contributed by atoms with Gasteiger partial charge in [-0.3, -0.25) is 14.5 Å². The number of aliphatic hydroxyl groups is 1. The van der Waals surface area contributed by atoms with E-state index in [0.29, 0.717) is 30.7 Å². The van der Waals surface area contributed by atoms with Crippen molar-refractivity contribution in [3.8, 4) is 5.88 Å². The monoisotopic (exact) mass is 437 g/mol.